The molecule has 3 nitrogen and oxygen atoms in total. The van der Waals surface area contributed by atoms with Crippen molar-refractivity contribution in [2.45, 2.75) is 6.54 Å². The lowest BCUT2D eigenvalue weighted by molar-refractivity contribution is 0.627. The summed E-state index contributed by atoms with van der Waals surface area (Å²) in [7, 11) is 1.84. The summed E-state index contributed by atoms with van der Waals surface area (Å²) < 4.78 is 14.5. The molecule has 1 aromatic carbocycles. The molecule has 0 radical (unpaired) electrons. The highest BCUT2D eigenvalue weighted by Crippen LogP contribution is 2.18. The maximum Gasteiger partial charge on any atom is 0.148 e. The number of hydrogen-bond donors (Lipinski definition) is 1. The van der Waals surface area contributed by atoms with Gasteiger partial charge in [-0.05, 0) is 17.7 Å². The molecule has 0 atom stereocenters. The van der Waals surface area contributed by atoms with Crippen LogP contribution in [-0.4, -0.2) is 9.78 Å². The summed E-state index contributed by atoms with van der Waals surface area (Å²) in [6.07, 6.45) is 1.84. The number of aryl methyl sites for hydroxylation is 1. The molecule has 0 amide bonds. The highest BCUT2D eigenvalue weighted by Gasteiger charge is 2.02. The topological polar surface area (TPSA) is 29.9 Å². The zero-order valence-corrected chi connectivity index (χ0v) is 9.50. The summed E-state index contributed by atoms with van der Waals surface area (Å²) >= 11 is 5.90. The molecule has 1 aromatic heterocycles. The van der Waals surface area contributed by atoms with E-state index in [1.54, 1.807) is 10.7 Å². The number of nitrogens with one attached hydrogen (secondary N) is 1. The molecule has 84 valence electrons. The summed E-state index contributed by atoms with van der Waals surface area (Å²) in [5.74, 6) is 0.439. The Kier molecular flexibility index (Phi) is 3.10. The second-order valence-electron chi connectivity index (χ2n) is 3.46. The zero-order valence-electron chi connectivity index (χ0n) is 8.74. The molecule has 0 aliphatic heterocycles. The quantitative estimate of drug-likeness (QED) is 0.893. The van der Waals surface area contributed by atoms with E-state index in [2.05, 4.69) is 10.4 Å². The SMILES string of the molecule is Cn1ccc(NCc2ccc(F)cc2Cl)n1. The van der Waals surface area contributed by atoms with Crippen LogP contribution in [0.4, 0.5) is 10.2 Å². The summed E-state index contributed by atoms with van der Waals surface area (Å²) in [6.45, 7) is 0.524. The van der Waals surface area contributed by atoms with Gasteiger partial charge in [-0.2, -0.15) is 5.10 Å². The van der Waals surface area contributed by atoms with E-state index in [9.17, 15) is 4.39 Å². The number of hydrogen-bond acceptors (Lipinski definition) is 2. The molecular formula is C11H11ClFN3. The lowest BCUT2D eigenvalue weighted by Crippen LogP contribution is -2.01. The third-order valence-corrected chi connectivity index (χ3v) is 2.54. The van der Waals surface area contributed by atoms with E-state index in [-0.39, 0.29) is 5.82 Å². The predicted molar refractivity (Wildman–Crippen MR) is 61.9 cm³/mol. The van der Waals surface area contributed by atoms with Gasteiger partial charge in [0.2, 0.25) is 0 Å². The lowest BCUT2D eigenvalue weighted by Gasteiger charge is -2.05. The smallest absolute Gasteiger partial charge is 0.148 e. The van der Waals surface area contributed by atoms with E-state index < -0.39 is 0 Å². The first-order chi connectivity index (χ1) is 7.65. The minimum atomic E-state index is -0.327. The van der Waals surface area contributed by atoms with Crippen LogP contribution in [0.25, 0.3) is 0 Å². The molecular weight excluding hydrogens is 229 g/mol. The minimum Gasteiger partial charge on any atom is -0.364 e. The van der Waals surface area contributed by atoms with Gasteiger partial charge in [-0.15, -0.1) is 0 Å². The van der Waals surface area contributed by atoms with E-state index in [1.165, 1.54) is 12.1 Å². The minimum absolute atomic E-state index is 0.327. The predicted octanol–water partition coefficient (Wildman–Crippen LogP) is 2.82. The number of rotatable bonds is 3. The van der Waals surface area contributed by atoms with Crippen LogP contribution in [0.1, 0.15) is 5.56 Å². The van der Waals surface area contributed by atoms with Crippen LogP contribution >= 0.6 is 11.6 Å². The summed E-state index contributed by atoms with van der Waals surface area (Å²) in [5, 5.41) is 7.68. The number of nitrogens with zero attached hydrogens (tertiary/aromatic N) is 2. The molecule has 0 bridgehead atoms. The lowest BCUT2D eigenvalue weighted by atomic mass is 10.2. The van der Waals surface area contributed by atoms with Crippen molar-refractivity contribution < 1.29 is 4.39 Å². The summed E-state index contributed by atoms with van der Waals surface area (Å²) in [6, 6.07) is 6.21. The molecule has 0 unspecified atom stereocenters. The van der Waals surface area contributed by atoms with Gasteiger partial charge in [-0.25, -0.2) is 4.39 Å². The first-order valence-electron chi connectivity index (χ1n) is 4.82. The first kappa shape index (κ1) is 11.0. The van der Waals surface area contributed by atoms with Gasteiger partial charge in [0.15, 0.2) is 0 Å². The molecule has 1 N–H and O–H groups in total. The number of benzene rings is 1. The second-order valence-corrected chi connectivity index (χ2v) is 3.87. The molecule has 2 aromatic rings. The Hall–Kier alpha value is -1.55. The van der Waals surface area contributed by atoms with Gasteiger partial charge in [0, 0.05) is 30.9 Å². The average molecular weight is 240 g/mol. The maximum atomic E-state index is 12.8. The highest BCUT2D eigenvalue weighted by atomic mass is 35.5. The molecule has 0 saturated carbocycles. The Morgan fingerprint density at radius 1 is 1.44 bits per heavy atom. The van der Waals surface area contributed by atoms with Gasteiger partial charge < -0.3 is 5.32 Å². The Morgan fingerprint density at radius 3 is 2.88 bits per heavy atom. The fourth-order valence-corrected chi connectivity index (χ4v) is 1.59. The third kappa shape index (κ3) is 2.52. The van der Waals surface area contributed by atoms with Crippen LogP contribution in [0.15, 0.2) is 30.5 Å². The Balaban J connectivity index is 2.04. The standard InChI is InChI=1S/C11H11ClFN3/c1-16-5-4-11(15-16)14-7-8-2-3-9(13)6-10(8)12/h2-6H,7H2,1H3,(H,14,15). The molecule has 2 rings (SSSR count). The first-order valence-corrected chi connectivity index (χ1v) is 5.20. The molecule has 1 heterocycles. The Labute approximate surface area is 97.8 Å². The van der Waals surface area contributed by atoms with Crippen LogP contribution < -0.4 is 5.32 Å². The van der Waals surface area contributed by atoms with Gasteiger partial charge in [0.25, 0.3) is 0 Å². The Bertz CT molecular complexity index is 496. The van der Waals surface area contributed by atoms with Gasteiger partial charge in [-0.3, -0.25) is 4.68 Å². The van der Waals surface area contributed by atoms with Crippen molar-refractivity contribution in [3.8, 4) is 0 Å². The van der Waals surface area contributed by atoms with Crippen molar-refractivity contribution in [1.82, 2.24) is 9.78 Å². The van der Waals surface area contributed by atoms with Crippen LogP contribution in [0.3, 0.4) is 0 Å². The molecule has 0 saturated heterocycles. The van der Waals surface area contributed by atoms with E-state index in [1.807, 2.05) is 19.3 Å². The Morgan fingerprint density at radius 2 is 2.25 bits per heavy atom. The van der Waals surface area contributed by atoms with E-state index in [0.29, 0.717) is 11.6 Å². The highest BCUT2D eigenvalue weighted by molar-refractivity contribution is 6.31. The number of anilines is 1. The molecule has 0 fully saturated rings. The molecule has 5 heteroatoms. The summed E-state index contributed by atoms with van der Waals surface area (Å²) in [5.41, 5.74) is 0.841. The van der Waals surface area contributed by atoms with Crippen molar-refractivity contribution in [2.24, 2.45) is 7.05 Å². The van der Waals surface area contributed by atoms with Gasteiger partial charge >= 0.3 is 0 Å². The van der Waals surface area contributed by atoms with E-state index in [4.69, 9.17) is 11.6 Å². The van der Waals surface area contributed by atoms with Crippen molar-refractivity contribution in [3.05, 3.63) is 46.9 Å². The van der Waals surface area contributed by atoms with Gasteiger partial charge in [-0.1, -0.05) is 17.7 Å². The fourth-order valence-electron chi connectivity index (χ4n) is 1.36. The molecule has 16 heavy (non-hydrogen) atoms. The largest absolute Gasteiger partial charge is 0.364 e. The zero-order chi connectivity index (χ0) is 11.5. The van der Waals surface area contributed by atoms with Crippen molar-refractivity contribution in [3.63, 3.8) is 0 Å². The van der Waals surface area contributed by atoms with E-state index in [0.717, 1.165) is 11.4 Å². The fraction of sp³-hybridized carbons (Fsp3) is 0.182. The van der Waals surface area contributed by atoms with Crippen molar-refractivity contribution in [1.29, 1.82) is 0 Å². The van der Waals surface area contributed by atoms with Crippen LogP contribution in [-0.2, 0) is 13.6 Å². The van der Waals surface area contributed by atoms with Crippen molar-refractivity contribution >= 4 is 17.4 Å². The summed E-state index contributed by atoms with van der Waals surface area (Å²) in [4.78, 5) is 0. The normalized spacial score (nSPS) is 10.4. The van der Waals surface area contributed by atoms with Crippen LogP contribution in [0.5, 0.6) is 0 Å². The average Bonchev–Trinajstić information content (AvgIpc) is 2.63. The number of halogens is 2. The van der Waals surface area contributed by atoms with Gasteiger partial charge in [0.05, 0.1) is 0 Å². The maximum absolute atomic E-state index is 12.8. The van der Waals surface area contributed by atoms with Crippen molar-refractivity contribution in [2.75, 3.05) is 5.32 Å². The molecule has 0 spiro atoms. The molecule has 0 aliphatic carbocycles. The van der Waals surface area contributed by atoms with Crippen LogP contribution in [0, 0.1) is 5.82 Å². The second kappa shape index (κ2) is 4.53. The monoisotopic (exact) mass is 239 g/mol. The van der Waals surface area contributed by atoms with Gasteiger partial charge in [0.1, 0.15) is 11.6 Å². The third-order valence-electron chi connectivity index (χ3n) is 2.19. The van der Waals surface area contributed by atoms with Crippen LogP contribution in [0.2, 0.25) is 5.02 Å². The number of aromatic nitrogens is 2. The molecule has 0 aliphatic rings. The van der Waals surface area contributed by atoms with E-state index >= 15 is 0 Å².